The fraction of sp³-hybridized carbons (Fsp3) is 0.269. The summed E-state index contributed by atoms with van der Waals surface area (Å²) in [4.78, 5) is 12.8. The SMILES string of the molecule is COc1ccccc1S(=O)(=O)NCc1ccc(C(=O)Nc2ccc3c(c2)OC2(CCCC2)O3)cc1. The van der Waals surface area contributed by atoms with Gasteiger partial charge in [-0.15, -0.1) is 0 Å². The van der Waals surface area contributed by atoms with Crippen molar-refractivity contribution in [2.24, 2.45) is 0 Å². The summed E-state index contributed by atoms with van der Waals surface area (Å²) < 4.78 is 45.1. The first-order valence-corrected chi connectivity index (χ1v) is 12.9. The number of para-hydroxylation sites is 1. The maximum atomic E-state index is 12.7. The smallest absolute Gasteiger partial charge is 0.255 e. The summed E-state index contributed by atoms with van der Waals surface area (Å²) >= 11 is 0. The Morgan fingerprint density at radius 2 is 1.69 bits per heavy atom. The Balaban J connectivity index is 1.21. The number of hydrogen-bond donors (Lipinski definition) is 2. The first-order valence-electron chi connectivity index (χ1n) is 11.4. The van der Waals surface area contributed by atoms with Gasteiger partial charge in [-0.25, -0.2) is 13.1 Å². The summed E-state index contributed by atoms with van der Waals surface area (Å²) in [6.07, 6.45) is 3.89. The lowest BCUT2D eigenvalue weighted by Crippen LogP contribution is -2.34. The van der Waals surface area contributed by atoms with Gasteiger partial charge in [-0.05, 0) is 54.8 Å². The molecule has 0 radical (unpaired) electrons. The lowest BCUT2D eigenvalue weighted by Gasteiger charge is -2.21. The summed E-state index contributed by atoms with van der Waals surface area (Å²) in [6.45, 7) is 0.0756. The minimum atomic E-state index is -3.76. The third-order valence-electron chi connectivity index (χ3n) is 6.20. The molecular weight excluding hydrogens is 468 g/mol. The highest BCUT2D eigenvalue weighted by Gasteiger charge is 2.44. The third kappa shape index (κ3) is 4.82. The second-order valence-corrected chi connectivity index (χ2v) is 10.3. The van der Waals surface area contributed by atoms with Gasteiger partial charge in [-0.2, -0.15) is 0 Å². The van der Waals surface area contributed by atoms with E-state index in [0.29, 0.717) is 28.3 Å². The number of carbonyl (C=O) groups is 1. The van der Waals surface area contributed by atoms with Gasteiger partial charge in [0.15, 0.2) is 11.5 Å². The number of nitrogens with one attached hydrogen (secondary N) is 2. The molecule has 0 bridgehead atoms. The van der Waals surface area contributed by atoms with Crippen molar-refractivity contribution in [1.29, 1.82) is 0 Å². The molecule has 0 aromatic heterocycles. The quantitative estimate of drug-likeness (QED) is 0.503. The molecule has 2 aliphatic rings. The highest BCUT2D eigenvalue weighted by atomic mass is 32.2. The van der Waals surface area contributed by atoms with Crippen LogP contribution in [0.1, 0.15) is 41.6 Å². The van der Waals surface area contributed by atoms with Crippen molar-refractivity contribution in [2.45, 2.75) is 42.9 Å². The predicted molar refractivity (Wildman–Crippen MR) is 130 cm³/mol. The van der Waals surface area contributed by atoms with E-state index in [9.17, 15) is 13.2 Å². The number of rotatable bonds is 7. The molecular formula is C26H26N2O6S. The number of ether oxygens (including phenoxy) is 3. The molecule has 9 heteroatoms. The van der Waals surface area contributed by atoms with Crippen LogP contribution in [-0.2, 0) is 16.6 Å². The fourth-order valence-corrected chi connectivity index (χ4v) is 5.55. The van der Waals surface area contributed by atoms with Crippen molar-refractivity contribution < 1.29 is 27.4 Å². The van der Waals surface area contributed by atoms with Crippen LogP contribution in [0.2, 0.25) is 0 Å². The highest BCUT2D eigenvalue weighted by Crippen LogP contribution is 2.47. The maximum absolute atomic E-state index is 12.7. The average Bonchev–Trinajstić information content (AvgIpc) is 3.48. The number of amides is 1. The molecule has 0 atom stereocenters. The van der Waals surface area contributed by atoms with E-state index >= 15 is 0 Å². The second-order valence-electron chi connectivity index (χ2n) is 8.61. The van der Waals surface area contributed by atoms with Crippen molar-refractivity contribution in [1.82, 2.24) is 4.72 Å². The average molecular weight is 495 g/mol. The Morgan fingerprint density at radius 1 is 0.971 bits per heavy atom. The van der Waals surface area contributed by atoms with Crippen LogP contribution in [0.25, 0.3) is 0 Å². The summed E-state index contributed by atoms with van der Waals surface area (Å²) in [5, 5.41) is 2.88. The van der Waals surface area contributed by atoms with Gasteiger partial charge >= 0.3 is 0 Å². The van der Waals surface area contributed by atoms with E-state index < -0.39 is 15.8 Å². The van der Waals surface area contributed by atoms with Gasteiger partial charge in [0.2, 0.25) is 10.0 Å². The van der Waals surface area contributed by atoms with Crippen molar-refractivity contribution >= 4 is 21.6 Å². The van der Waals surface area contributed by atoms with E-state index in [1.54, 1.807) is 54.6 Å². The van der Waals surface area contributed by atoms with Crippen molar-refractivity contribution in [3.63, 3.8) is 0 Å². The van der Waals surface area contributed by atoms with Gasteiger partial charge in [0.25, 0.3) is 11.7 Å². The van der Waals surface area contributed by atoms with Crippen LogP contribution in [0, 0.1) is 0 Å². The van der Waals surface area contributed by atoms with Gasteiger partial charge < -0.3 is 19.5 Å². The molecule has 1 spiro atoms. The number of anilines is 1. The van der Waals surface area contributed by atoms with Gasteiger partial charge in [0.1, 0.15) is 10.6 Å². The van der Waals surface area contributed by atoms with E-state index in [-0.39, 0.29) is 23.1 Å². The second kappa shape index (κ2) is 9.24. The summed E-state index contributed by atoms with van der Waals surface area (Å²) in [5.74, 6) is 0.787. The third-order valence-corrected chi connectivity index (χ3v) is 7.64. The minimum absolute atomic E-state index is 0.0704. The first kappa shape index (κ1) is 23.2. The molecule has 2 N–H and O–H groups in total. The van der Waals surface area contributed by atoms with Crippen molar-refractivity contribution in [3.8, 4) is 17.2 Å². The Bertz CT molecular complexity index is 1350. The van der Waals surface area contributed by atoms with E-state index in [0.717, 1.165) is 25.7 Å². The number of fused-ring (bicyclic) bond motifs is 1. The molecule has 182 valence electrons. The van der Waals surface area contributed by atoms with E-state index in [4.69, 9.17) is 14.2 Å². The molecule has 8 nitrogen and oxygen atoms in total. The fourth-order valence-electron chi connectivity index (χ4n) is 4.36. The molecule has 1 amide bonds. The molecule has 1 heterocycles. The molecule has 0 unspecified atom stereocenters. The molecule has 35 heavy (non-hydrogen) atoms. The van der Waals surface area contributed by atoms with Crippen molar-refractivity contribution in [2.75, 3.05) is 12.4 Å². The van der Waals surface area contributed by atoms with E-state index in [2.05, 4.69) is 10.0 Å². The predicted octanol–water partition coefficient (Wildman–Crippen LogP) is 4.47. The zero-order valence-electron chi connectivity index (χ0n) is 19.2. The molecule has 0 saturated heterocycles. The molecule has 3 aromatic carbocycles. The van der Waals surface area contributed by atoms with Crippen LogP contribution in [-0.4, -0.2) is 27.2 Å². The lowest BCUT2D eigenvalue weighted by molar-refractivity contribution is -0.0716. The van der Waals surface area contributed by atoms with Gasteiger partial charge in [-0.1, -0.05) is 24.3 Å². The summed E-state index contributed by atoms with van der Waals surface area (Å²) in [5.41, 5.74) is 1.78. The van der Waals surface area contributed by atoms with Crippen LogP contribution in [0.15, 0.2) is 71.6 Å². The monoisotopic (exact) mass is 494 g/mol. The van der Waals surface area contributed by atoms with E-state index in [1.165, 1.54) is 13.2 Å². The molecule has 1 fully saturated rings. The zero-order chi connectivity index (χ0) is 24.5. The first-order chi connectivity index (χ1) is 16.9. The Morgan fingerprint density at radius 3 is 2.43 bits per heavy atom. The maximum Gasteiger partial charge on any atom is 0.255 e. The van der Waals surface area contributed by atoms with Crippen LogP contribution in [0.5, 0.6) is 17.2 Å². The zero-order valence-corrected chi connectivity index (χ0v) is 20.1. The summed E-state index contributed by atoms with van der Waals surface area (Å²) in [7, 11) is -2.33. The van der Waals surface area contributed by atoms with E-state index in [1.807, 2.05) is 6.07 Å². The van der Waals surface area contributed by atoms with Gasteiger partial charge in [0.05, 0.1) is 7.11 Å². The number of carbonyl (C=O) groups excluding carboxylic acids is 1. The highest BCUT2D eigenvalue weighted by molar-refractivity contribution is 7.89. The molecule has 1 aliphatic heterocycles. The van der Waals surface area contributed by atoms with Gasteiger partial charge in [0, 0.05) is 36.7 Å². The molecule has 5 rings (SSSR count). The topological polar surface area (TPSA) is 103 Å². The Labute approximate surface area is 204 Å². The normalized spacial score (nSPS) is 15.8. The number of sulfonamides is 1. The Hall–Kier alpha value is -3.56. The number of hydrogen-bond acceptors (Lipinski definition) is 6. The van der Waals surface area contributed by atoms with Crippen LogP contribution in [0.4, 0.5) is 5.69 Å². The lowest BCUT2D eigenvalue weighted by atomic mass is 10.1. The molecule has 1 saturated carbocycles. The van der Waals surface area contributed by atoms with Crippen molar-refractivity contribution in [3.05, 3.63) is 77.9 Å². The van der Waals surface area contributed by atoms with Gasteiger partial charge in [-0.3, -0.25) is 4.79 Å². The minimum Gasteiger partial charge on any atom is -0.495 e. The standard InChI is InChI=1S/C26H26N2O6S/c1-32-22-6-2-3-7-24(22)35(30,31)27-17-18-8-10-19(11-9-18)25(29)28-20-12-13-21-23(16-20)34-26(33-21)14-4-5-15-26/h2-3,6-13,16,27H,4-5,14-15,17H2,1H3,(H,28,29). The molecule has 1 aliphatic carbocycles. The Kier molecular flexibility index (Phi) is 6.12. The summed E-state index contributed by atoms with van der Waals surface area (Å²) in [6, 6.07) is 18.5. The van der Waals surface area contributed by atoms with Crippen LogP contribution >= 0.6 is 0 Å². The largest absolute Gasteiger partial charge is 0.495 e. The number of benzene rings is 3. The van der Waals surface area contributed by atoms with Crippen LogP contribution in [0.3, 0.4) is 0 Å². The molecule has 3 aromatic rings. The number of methoxy groups -OCH3 is 1. The van der Waals surface area contributed by atoms with Crippen LogP contribution < -0.4 is 24.2 Å².